The van der Waals surface area contributed by atoms with Gasteiger partial charge in [0.1, 0.15) is 17.6 Å². The van der Waals surface area contributed by atoms with E-state index in [1.807, 2.05) is 6.07 Å². The Balaban J connectivity index is 1.54. The molecule has 0 atom stereocenters. The molecule has 2 amide bonds. The minimum Gasteiger partial charge on any atom is -0.482 e. The van der Waals surface area contributed by atoms with E-state index in [9.17, 15) is 9.59 Å². The SMILES string of the molecule is N#Cc1ccccc1OCC(=O)NNC(=O)c1ccc(-c2ccccc2Cl)o1. The van der Waals surface area contributed by atoms with Crippen molar-refractivity contribution in [1.29, 1.82) is 5.26 Å². The summed E-state index contributed by atoms with van der Waals surface area (Å²) in [5.41, 5.74) is 5.41. The molecule has 1 heterocycles. The third-order valence-electron chi connectivity index (χ3n) is 3.65. The number of halogens is 1. The number of carbonyl (C=O) groups is 2. The van der Waals surface area contributed by atoms with Gasteiger partial charge in [0.2, 0.25) is 0 Å². The number of para-hydroxylation sites is 1. The first-order chi connectivity index (χ1) is 13.6. The number of nitriles is 1. The van der Waals surface area contributed by atoms with Crippen molar-refractivity contribution in [3.05, 3.63) is 77.0 Å². The molecule has 0 saturated heterocycles. The smallest absolute Gasteiger partial charge is 0.305 e. The van der Waals surface area contributed by atoms with Crippen molar-refractivity contribution in [2.75, 3.05) is 6.61 Å². The molecule has 0 fully saturated rings. The normalized spacial score (nSPS) is 10.0. The number of furan rings is 1. The Labute approximate surface area is 165 Å². The van der Waals surface area contributed by atoms with Crippen molar-refractivity contribution in [1.82, 2.24) is 10.9 Å². The lowest BCUT2D eigenvalue weighted by Crippen LogP contribution is -2.43. The second kappa shape index (κ2) is 8.75. The molecule has 0 aliphatic carbocycles. The predicted octanol–water partition coefficient (Wildman–Crippen LogP) is 3.31. The van der Waals surface area contributed by atoms with Crippen LogP contribution in [0.4, 0.5) is 0 Å². The molecule has 0 bridgehead atoms. The highest BCUT2D eigenvalue weighted by atomic mass is 35.5. The number of ether oxygens (including phenoxy) is 1. The lowest BCUT2D eigenvalue weighted by atomic mass is 10.2. The third kappa shape index (κ3) is 4.50. The summed E-state index contributed by atoms with van der Waals surface area (Å²) >= 11 is 6.11. The van der Waals surface area contributed by atoms with Crippen molar-refractivity contribution >= 4 is 23.4 Å². The molecular formula is C20H14ClN3O4. The average molecular weight is 396 g/mol. The number of nitrogens with one attached hydrogen (secondary N) is 2. The zero-order chi connectivity index (χ0) is 19.9. The van der Waals surface area contributed by atoms with Crippen LogP contribution in [0.25, 0.3) is 11.3 Å². The number of carbonyl (C=O) groups excluding carboxylic acids is 2. The number of amides is 2. The van der Waals surface area contributed by atoms with Crippen LogP contribution in [0.1, 0.15) is 16.1 Å². The molecule has 0 radical (unpaired) electrons. The Morgan fingerprint density at radius 2 is 1.79 bits per heavy atom. The van der Waals surface area contributed by atoms with Crippen molar-refractivity contribution < 1.29 is 18.7 Å². The van der Waals surface area contributed by atoms with Gasteiger partial charge in [0.15, 0.2) is 12.4 Å². The molecule has 1 aromatic heterocycles. The Morgan fingerprint density at radius 3 is 2.57 bits per heavy atom. The maximum Gasteiger partial charge on any atom is 0.305 e. The van der Waals surface area contributed by atoms with Gasteiger partial charge in [-0.2, -0.15) is 5.26 Å². The van der Waals surface area contributed by atoms with Crippen LogP contribution in [0.3, 0.4) is 0 Å². The van der Waals surface area contributed by atoms with Crippen LogP contribution in [-0.4, -0.2) is 18.4 Å². The van der Waals surface area contributed by atoms with E-state index in [4.69, 9.17) is 26.0 Å². The predicted molar refractivity (Wildman–Crippen MR) is 101 cm³/mol. The van der Waals surface area contributed by atoms with Crippen LogP contribution in [0.5, 0.6) is 5.75 Å². The molecule has 0 unspecified atom stereocenters. The summed E-state index contributed by atoms with van der Waals surface area (Å²) < 4.78 is 10.8. The highest BCUT2D eigenvalue weighted by Gasteiger charge is 2.15. The average Bonchev–Trinajstić information content (AvgIpc) is 3.21. The Morgan fingerprint density at radius 1 is 1.04 bits per heavy atom. The van der Waals surface area contributed by atoms with Crippen molar-refractivity contribution in [3.8, 4) is 23.1 Å². The maximum absolute atomic E-state index is 12.1. The summed E-state index contributed by atoms with van der Waals surface area (Å²) in [4.78, 5) is 24.0. The molecule has 0 saturated carbocycles. The summed E-state index contributed by atoms with van der Waals surface area (Å²) in [5, 5.41) is 9.47. The molecule has 3 rings (SSSR count). The topological polar surface area (TPSA) is 104 Å². The first-order valence-electron chi connectivity index (χ1n) is 8.14. The second-order valence-electron chi connectivity index (χ2n) is 5.54. The molecule has 8 heteroatoms. The van der Waals surface area contributed by atoms with Crippen LogP contribution in [0.2, 0.25) is 5.02 Å². The van der Waals surface area contributed by atoms with Gasteiger partial charge >= 0.3 is 5.91 Å². The van der Waals surface area contributed by atoms with Crippen LogP contribution in [0, 0.1) is 11.3 Å². The zero-order valence-electron chi connectivity index (χ0n) is 14.4. The van der Waals surface area contributed by atoms with E-state index in [1.165, 1.54) is 6.07 Å². The highest BCUT2D eigenvalue weighted by molar-refractivity contribution is 6.33. The number of hydrogen-bond donors (Lipinski definition) is 2. The molecule has 28 heavy (non-hydrogen) atoms. The van der Waals surface area contributed by atoms with Gasteiger partial charge < -0.3 is 9.15 Å². The van der Waals surface area contributed by atoms with Crippen molar-refractivity contribution in [2.45, 2.75) is 0 Å². The minimum atomic E-state index is -0.635. The largest absolute Gasteiger partial charge is 0.482 e. The fraction of sp³-hybridized carbons (Fsp3) is 0.0500. The number of benzene rings is 2. The number of hydrazine groups is 1. The third-order valence-corrected chi connectivity index (χ3v) is 3.98. The van der Waals surface area contributed by atoms with E-state index in [-0.39, 0.29) is 18.1 Å². The fourth-order valence-electron chi connectivity index (χ4n) is 2.32. The first-order valence-corrected chi connectivity index (χ1v) is 8.52. The minimum absolute atomic E-state index is 0.00552. The standard InChI is InChI=1S/C20H14ClN3O4/c21-15-7-3-2-6-14(15)17-9-10-18(28-17)20(26)24-23-19(25)12-27-16-8-4-1-5-13(16)11-22/h1-10H,12H2,(H,23,25)(H,24,26). The summed E-state index contributed by atoms with van der Waals surface area (Å²) in [6.07, 6.45) is 0. The molecule has 140 valence electrons. The zero-order valence-corrected chi connectivity index (χ0v) is 15.2. The lowest BCUT2D eigenvalue weighted by molar-refractivity contribution is -0.123. The second-order valence-corrected chi connectivity index (χ2v) is 5.95. The molecule has 0 aliphatic heterocycles. The van der Waals surface area contributed by atoms with Crippen molar-refractivity contribution in [2.24, 2.45) is 0 Å². The van der Waals surface area contributed by atoms with Crippen LogP contribution >= 0.6 is 11.6 Å². The first kappa shape index (κ1) is 19.0. The number of nitrogens with zero attached hydrogens (tertiary/aromatic N) is 1. The molecule has 0 aliphatic rings. The fourth-order valence-corrected chi connectivity index (χ4v) is 2.55. The summed E-state index contributed by atoms with van der Waals surface area (Å²) in [7, 11) is 0. The molecule has 3 aromatic rings. The van der Waals surface area contributed by atoms with E-state index in [2.05, 4.69) is 10.9 Å². The summed E-state index contributed by atoms with van der Waals surface area (Å²) in [6, 6.07) is 18.6. The van der Waals surface area contributed by atoms with E-state index >= 15 is 0 Å². The Hall–Kier alpha value is -3.76. The molecule has 7 nitrogen and oxygen atoms in total. The van der Waals surface area contributed by atoms with Crippen LogP contribution < -0.4 is 15.6 Å². The molecule has 2 aromatic carbocycles. The molecule has 2 N–H and O–H groups in total. The van der Waals surface area contributed by atoms with Gasteiger partial charge in [-0.05, 0) is 36.4 Å². The van der Waals surface area contributed by atoms with Gasteiger partial charge in [-0.3, -0.25) is 20.4 Å². The van der Waals surface area contributed by atoms with Gasteiger partial charge in [-0.25, -0.2) is 0 Å². The maximum atomic E-state index is 12.1. The van der Waals surface area contributed by atoms with Crippen LogP contribution in [0.15, 0.2) is 65.1 Å². The Kier molecular flexibility index (Phi) is 5.94. The van der Waals surface area contributed by atoms with Crippen LogP contribution in [-0.2, 0) is 4.79 Å². The van der Waals surface area contributed by atoms with E-state index in [1.54, 1.807) is 54.6 Å². The van der Waals surface area contributed by atoms with E-state index in [0.717, 1.165) is 0 Å². The lowest BCUT2D eigenvalue weighted by Gasteiger charge is -2.08. The Bertz CT molecular complexity index is 1060. The summed E-state index contributed by atoms with van der Waals surface area (Å²) in [5.74, 6) is -0.519. The highest BCUT2D eigenvalue weighted by Crippen LogP contribution is 2.28. The summed E-state index contributed by atoms with van der Waals surface area (Å²) in [6.45, 7) is -0.373. The van der Waals surface area contributed by atoms with Gasteiger partial charge in [0.25, 0.3) is 5.91 Å². The van der Waals surface area contributed by atoms with E-state index in [0.29, 0.717) is 21.9 Å². The monoisotopic (exact) mass is 395 g/mol. The number of rotatable bonds is 5. The van der Waals surface area contributed by atoms with Gasteiger partial charge in [-0.15, -0.1) is 0 Å². The molecular weight excluding hydrogens is 382 g/mol. The van der Waals surface area contributed by atoms with Gasteiger partial charge in [-0.1, -0.05) is 35.9 Å². The van der Waals surface area contributed by atoms with Gasteiger partial charge in [0, 0.05) is 5.56 Å². The van der Waals surface area contributed by atoms with Gasteiger partial charge in [0.05, 0.1) is 10.6 Å². The number of hydrogen-bond acceptors (Lipinski definition) is 5. The molecule has 0 spiro atoms. The van der Waals surface area contributed by atoms with Crippen molar-refractivity contribution in [3.63, 3.8) is 0 Å². The quantitative estimate of drug-likeness (QED) is 0.645. The van der Waals surface area contributed by atoms with E-state index < -0.39 is 11.8 Å².